The Morgan fingerprint density at radius 1 is 1.18 bits per heavy atom. The highest BCUT2D eigenvalue weighted by molar-refractivity contribution is 7.19. The van der Waals surface area contributed by atoms with Crippen molar-refractivity contribution in [3.05, 3.63) is 0 Å². The van der Waals surface area contributed by atoms with Crippen LogP contribution in [0, 0.1) is 0 Å². The molecule has 0 saturated carbocycles. The van der Waals surface area contributed by atoms with Crippen molar-refractivity contribution in [2.45, 2.75) is 45.8 Å². The summed E-state index contributed by atoms with van der Waals surface area (Å²) in [6.07, 6.45) is 0. The highest BCUT2D eigenvalue weighted by Gasteiger charge is 2.30. The maximum absolute atomic E-state index is 5.87. The molecule has 1 atom stereocenters. The molecule has 68 valence electrons. The Morgan fingerprint density at radius 2 is 1.64 bits per heavy atom. The van der Waals surface area contributed by atoms with Gasteiger partial charge in [0.25, 0.3) is 0 Å². The Hall–Kier alpha value is 0.394. The molecule has 0 aromatic carbocycles. The minimum absolute atomic E-state index is 0.469. The monoisotopic (exact) mass is 190 g/mol. The summed E-state index contributed by atoms with van der Waals surface area (Å²) in [5.74, 6) is 0. The molecule has 0 saturated heterocycles. The fourth-order valence-corrected chi connectivity index (χ4v) is 12.6. The van der Waals surface area contributed by atoms with Crippen LogP contribution < -0.4 is 0 Å². The second kappa shape index (κ2) is 4.43. The van der Waals surface area contributed by atoms with E-state index in [1.165, 1.54) is 0 Å². The lowest BCUT2D eigenvalue weighted by molar-refractivity contribution is 0.335. The van der Waals surface area contributed by atoms with Gasteiger partial charge in [-0.2, -0.15) is 0 Å². The van der Waals surface area contributed by atoms with Crippen molar-refractivity contribution in [3.8, 4) is 0 Å². The highest BCUT2D eigenvalue weighted by atomic mass is 29.2. The second-order valence-corrected chi connectivity index (χ2v) is 15.7. The van der Waals surface area contributed by atoms with Gasteiger partial charge in [-0.1, -0.05) is 33.9 Å². The highest BCUT2D eigenvalue weighted by Crippen LogP contribution is 2.28. The van der Waals surface area contributed by atoms with Crippen LogP contribution in [0.3, 0.4) is 0 Å². The van der Waals surface area contributed by atoms with Gasteiger partial charge in [0.05, 0.1) is 8.31 Å². The number of hydrogen-bond donors (Lipinski definition) is 0. The van der Waals surface area contributed by atoms with Crippen LogP contribution in [0.4, 0.5) is 0 Å². The van der Waals surface area contributed by atoms with E-state index in [1.807, 2.05) is 0 Å². The first kappa shape index (κ1) is 11.4. The minimum Gasteiger partial charge on any atom is -0.423 e. The van der Waals surface area contributed by atoms with E-state index in [0.29, 0.717) is 5.04 Å². The molecule has 3 heteroatoms. The van der Waals surface area contributed by atoms with Crippen molar-refractivity contribution in [2.24, 2.45) is 0 Å². The molecule has 0 aliphatic heterocycles. The normalized spacial score (nSPS) is 15.5. The van der Waals surface area contributed by atoms with Crippen molar-refractivity contribution in [1.29, 1.82) is 0 Å². The third-order valence-corrected chi connectivity index (χ3v) is 12.6. The Labute approximate surface area is 74.3 Å². The zero-order valence-electron chi connectivity index (χ0n) is 8.77. The largest absolute Gasteiger partial charge is 0.423 e. The van der Waals surface area contributed by atoms with E-state index in [1.54, 1.807) is 0 Å². The van der Waals surface area contributed by atoms with E-state index in [0.717, 1.165) is 6.61 Å². The van der Waals surface area contributed by atoms with Gasteiger partial charge in [0.15, 0.2) is 8.56 Å². The minimum atomic E-state index is -0.856. The van der Waals surface area contributed by atoms with Gasteiger partial charge in [-0.15, -0.1) is 0 Å². The molecular weight excluding hydrogens is 168 g/mol. The third kappa shape index (κ3) is 4.08. The topological polar surface area (TPSA) is 9.23 Å². The average Bonchev–Trinajstić information content (AvgIpc) is 1.79. The maximum atomic E-state index is 5.87. The molecule has 1 unspecified atom stereocenters. The van der Waals surface area contributed by atoms with Gasteiger partial charge in [-0.25, -0.2) is 0 Å². The van der Waals surface area contributed by atoms with Gasteiger partial charge in [-0.05, 0) is 12.0 Å². The summed E-state index contributed by atoms with van der Waals surface area (Å²) in [5, 5.41) is 0.469. The van der Waals surface area contributed by atoms with Crippen LogP contribution in [0.25, 0.3) is 0 Å². The van der Waals surface area contributed by atoms with Crippen LogP contribution in [-0.4, -0.2) is 23.5 Å². The predicted molar refractivity (Wildman–Crippen MR) is 57.4 cm³/mol. The number of rotatable bonds is 3. The molecule has 0 aliphatic rings. The van der Waals surface area contributed by atoms with E-state index in [9.17, 15) is 0 Å². The van der Waals surface area contributed by atoms with Crippen LogP contribution in [0.5, 0.6) is 0 Å². The smallest absolute Gasteiger partial charge is 0.166 e. The molecule has 0 rings (SSSR count). The average molecular weight is 190 g/mol. The number of hydrogen-bond acceptors (Lipinski definition) is 1. The zero-order valence-corrected chi connectivity index (χ0v) is 11.1. The molecule has 0 amide bonds. The summed E-state index contributed by atoms with van der Waals surface area (Å²) in [6.45, 7) is 14.8. The van der Waals surface area contributed by atoms with Crippen LogP contribution in [-0.2, 0) is 4.43 Å². The van der Waals surface area contributed by atoms with Gasteiger partial charge >= 0.3 is 0 Å². The van der Waals surface area contributed by atoms with Crippen molar-refractivity contribution >= 4 is 16.9 Å². The van der Waals surface area contributed by atoms with Crippen molar-refractivity contribution in [2.75, 3.05) is 6.61 Å². The lowest BCUT2D eigenvalue weighted by Gasteiger charge is -2.31. The van der Waals surface area contributed by atoms with Gasteiger partial charge in [0.1, 0.15) is 0 Å². The fraction of sp³-hybridized carbons (Fsp3) is 1.00. The van der Waals surface area contributed by atoms with Gasteiger partial charge in [0.2, 0.25) is 0 Å². The molecule has 0 spiro atoms. The predicted octanol–water partition coefficient (Wildman–Crippen LogP) is 2.11. The van der Waals surface area contributed by atoms with Crippen molar-refractivity contribution in [1.82, 2.24) is 0 Å². The van der Waals surface area contributed by atoms with Crippen LogP contribution in [0.1, 0.15) is 27.7 Å². The Balaban J connectivity index is 4.10. The molecule has 11 heavy (non-hydrogen) atoms. The van der Waals surface area contributed by atoms with E-state index in [-0.39, 0.29) is 0 Å². The molecule has 0 heterocycles. The van der Waals surface area contributed by atoms with E-state index < -0.39 is 16.9 Å². The summed E-state index contributed by atoms with van der Waals surface area (Å²) >= 11 is 0. The SMILES string of the molecule is CCO[SiH]([SiH](C)C)C(C)(C)C. The summed E-state index contributed by atoms with van der Waals surface area (Å²) in [6, 6.07) is 0. The first-order valence-electron chi connectivity index (χ1n) is 4.51. The molecule has 0 radical (unpaired) electrons. The van der Waals surface area contributed by atoms with E-state index >= 15 is 0 Å². The molecule has 0 aromatic rings. The Morgan fingerprint density at radius 3 is 1.73 bits per heavy atom. The molecule has 0 N–H and O–H groups in total. The van der Waals surface area contributed by atoms with Gasteiger partial charge in [0, 0.05) is 6.61 Å². The summed E-state index contributed by atoms with van der Waals surface area (Å²) < 4.78 is 5.87. The zero-order chi connectivity index (χ0) is 9.07. The first-order valence-corrected chi connectivity index (χ1v) is 10.5. The van der Waals surface area contributed by atoms with Crippen LogP contribution >= 0.6 is 0 Å². The van der Waals surface area contributed by atoms with E-state index in [4.69, 9.17) is 4.43 Å². The fourth-order valence-electron chi connectivity index (χ4n) is 1.62. The lowest BCUT2D eigenvalue weighted by atomic mass is 10.3. The van der Waals surface area contributed by atoms with Crippen molar-refractivity contribution < 1.29 is 4.43 Å². The molecule has 1 nitrogen and oxygen atoms in total. The maximum Gasteiger partial charge on any atom is 0.166 e. The molecule has 0 aromatic heterocycles. The van der Waals surface area contributed by atoms with Gasteiger partial charge in [-0.3, -0.25) is 0 Å². The molecule has 0 aliphatic carbocycles. The molecule has 0 bridgehead atoms. The molecule has 0 fully saturated rings. The first-order chi connectivity index (χ1) is 4.89. The summed E-state index contributed by atoms with van der Waals surface area (Å²) in [5.41, 5.74) is 0. The van der Waals surface area contributed by atoms with Crippen LogP contribution in [0.2, 0.25) is 18.1 Å². The Kier molecular flexibility index (Phi) is 4.59. The quantitative estimate of drug-likeness (QED) is 0.620. The summed E-state index contributed by atoms with van der Waals surface area (Å²) in [7, 11) is -1.37. The molecular formula is C8H22OSi2. The summed E-state index contributed by atoms with van der Waals surface area (Å²) in [4.78, 5) is 0. The van der Waals surface area contributed by atoms with Crippen molar-refractivity contribution in [3.63, 3.8) is 0 Å². The van der Waals surface area contributed by atoms with Gasteiger partial charge < -0.3 is 4.43 Å². The second-order valence-electron chi connectivity index (χ2n) is 4.49. The van der Waals surface area contributed by atoms with E-state index in [2.05, 4.69) is 40.8 Å². The third-order valence-electron chi connectivity index (χ3n) is 1.81. The Bertz CT molecular complexity index is 107. The van der Waals surface area contributed by atoms with Crippen LogP contribution in [0.15, 0.2) is 0 Å². The lowest BCUT2D eigenvalue weighted by Crippen LogP contribution is -2.41. The standard InChI is InChI=1S/C8H22OSi2/c1-7-9-11(10(5)6)8(2,3)4/h10-11H,7H2,1-6H3.